The topological polar surface area (TPSA) is 38.3 Å². The molecule has 0 bridgehead atoms. The summed E-state index contributed by atoms with van der Waals surface area (Å²) in [6.07, 6.45) is 7.20. The molecule has 0 unspecified atom stereocenters. The van der Waals surface area contributed by atoms with Crippen LogP contribution in [0.25, 0.3) is 0 Å². The summed E-state index contributed by atoms with van der Waals surface area (Å²) in [6, 6.07) is -0.226. The van der Waals surface area contributed by atoms with Crippen LogP contribution in [0.4, 0.5) is 0 Å². The summed E-state index contributed by atoms with van der Waals surface area (Å²) in [5.41, 5.74) is 1.31. The maximum Gasteiger partial charge on any atom is 0.322 e. The first-order chi connectivity index (χ1) is 6.74. The number of rotatable bonds is 5. The van der Waals surface area contributed by atoms with Crippen molar-refractivity contribution >= 4 is 5.97 Å². The maximum atomic E-state index is 11.2. The second-order valence-corrected chi connectivity index (χ2v) is 3.31. The molecular weight excluding hydrogens is 178 g/mol. The van der Waals surface area contributed by atoms with Gasteiger partial charge in [-0.25, -0.2) is 0 Å². The molecule has 0 aromatic heterocycles. The molecule has 1 rings (SSSR count). The first-order valence-corrected chi connectivity index (χ1v) is 4.98. The van der Waals surface area contributed by atoms with E-state index in [1.54, 1.807) is 0 Å². The minimum absolute atomic E-state index is 0.181. The summed E-state index contributed by atoms with van der Waals surface area (Å²) in [6.45, 7) is 4.83. The van der Waals surface area contributed by atoms with Gasteiger partial charge in [-0.2, -0.15) is 0 Å². The highest BCUT2D eigenvalue weighted by Crippen LogP contribution is 2.08. The van der Waals surface area contributed by atoms with E-state index < -0.39 is 0 Å². The number of ether oxygens (including phenoxy) is 1. The van der Waals surface area contributed by atoms with Crippen LogP contribution in [0.1, 0.15) is 20.3 Å². The molecule has 0 saturated heterocycles. The third kappa shape index (κ3) is 3.34. The summed E-state index contributed by atoms with van der Waals surface area (Å²) in [5, 5.41) is 3.13. The number of carbonyl (C=O) groups is 1. The molecule has 0 saturated carbocycles. The zero-order chi connectivity index (χ0) is 10.4. The Hall–Kier alpha value is -1.09. The summed E-state index contributed by atoms with van der Waals surface area (Å²) >= 11 is 0. The van der Waals surface area contributed by atoms with Crippen molar-refractivity contribution in [3.63, 3.8) is 0 Å². The zero-order valence-corrected chi connectivity index (χ0v) is 8.75. The first-order valence-electron chi connectivity index (χ1n) is 4.98. The van der Waals surface area contributed by atoms with Gasteiger partial charge >= 0.3 is 5.97 Å². The highest BCUT2D eigenvalue weighted by Gasteiger charge is 2.13. The Morgan fingerprint density at radius 3 is 3.07 bits per heavy atom. The van der Waals surface area contributed by atoms with E-state index in [4.69, 9.17) is 4.74 Å². The van der Waals surface area contributed by atoms with E-state index in [0.717, 1.165) is 13.0 Å². The van der Waals surface area contributed by atoms with Crippen LogP contribution in [-0.2, 0) is 9.53 Å². The molecular formula is C11H17NO2. The van der Waals surface area contributed by atoms with Gasteiger partial charge in [-0.3, -0.25) is 4.79 Å². The standard InChI is InChI=1S/C11H17NO2/c1-3-14-11(13)9(2)12-8-10-6-4-5-7-10/h4-6,9,12H,3,7-8H2,1-2H3/t9-/m0/s1. The van der Waals surface area contributed by atoms with E-state index in [-0.39, 0.29) is 12.0 Å². The van der Waals surface area contributed by atoms with Gasteiger partial charge in [-0.05, 0) is 20.3 Å². The molecule has 0 aromatic rings. The van der Waals surface area contributed by atoms with Crippen LogP contribution in [0, 0.1) is 0 Å². The number of hydrogen-bond donors (Lipinski definition) is 1. The third-order valence-electron chi connectivity index (χ3n) is 2.12. The van der Waals surface area contributed by atoms with Crippen LogP contribution in [0.5, 0.6) is 0 Å². The fourth-order valence-corrected chi connectivity index (χ4v) is 1.26. The Balaban J connectivity index is 2.20. The predicted molar refractivity (Wildman–Crippen MR) is 55.9 cm³/mol. The molecule has 0 heterocycles. The fraction of sp³-hybridized carbons (Fsp3) is 0.545. The fourth-order valence-electron chi connectivity index (χ4n) is 1.26. The van der Waals surface area contributed by atoms with Gasteiger partial charge in [0.1, 0.15) is 6.04 Å². The van der Waals surface area contributed by atoms with E-state index in [1.807, 2.05) is 19.9 Å². The highest BCUT2D eigenvalue weighted by molar-refractivity contribution is 5.75. The van der Waals surface area contributed by atoms with Crippen molar-refractivity contribution < 1.29 is 9.53 Å². The number of esters is 1. The summed E-state index contributed by atoms with van der Waals surface area (Å²) < 4.78 is 4.88. The van der Waals surface area contributed by atoms with Crippen LogP contribution in [0.3, 0.4) is 0 Å². The van der Waals surface area contributed by atoms with E-state index >= 15 is 0 Å². The van der Waals surface area contributed by atoms with Gasteiger partial charge in [0.05, 0.1) is 6.61 Å². The Morgan fingerprint density at radius 1 is 1.71 bits per heavy atom. The van der Waals surface area contributed by atoms with E-state index in [1.165, 1.54) is 5.57 Å². The normalized spacial score (nSPS) is 16.6. The second-order valence-electron chi connectivity index (χ2n) is 3.31. The van der Waals surface area contributed by atoms with Crippen LogP contribution in [0.15, 0.2) is 23.8 Å². The van der Waals surface area contributed by atoms with Crippen molar-refractivity contribution in [2.45, 2.75) is 26.3 Å². The lowest BCUT2D eigenvalue weighted by atomic mass is 10.2. The lowest BCUT2D eigenvalue weighted by Gasteiger charge is -2.12. The van der Waals surface area contributed by atoms with E-state index in [9.17, 15) is 4.79 Å². The van der Waals surface area contributed by atoms with Crippen LogP contribution < -0.4 is 5.32 Å². The molecule has 3 heteroatoms. The molecule has 0 aliphatic heterocycles. The molecule has 78 valence electrons. The Kier molecular flexibility index (Phi) is 4.40. The van der Waals surface area contributed by atoms with Crippen molar-refractivity contribution in [1.29, 1.82) is 0 Å². The quantitative estimate of drug-likeness (QED) is 0.674. The molecule has 0 spiro atoms. The lowest BCUT2D eigenvalue weighted by Crippen LogP contribution is -2.36. The molecule has 1 aliphatic carbocycles. The smallest absolute Gasteiger partial charge is 0.322 e. The molecule has 1 aliphatic rings. The van der Waals surface area contributed by atoms with Gasteiger partial charge in [-0.15, -0.1) is 0 Å². The molecule has 14 heavy (non-hydrogen) atoms. The van der Waals surface area contributed by atoms with Crippen LogP contribution in [0.2, 0.25) is 0 Å². The molecule has 0 fully saturated rings. The monoisotopic (exact) mass is 195 g/mol. The van der Waals surface area contributed by atoms with Crippen LogP contribution in [-0.4, -0.2) is 25.2 Å². The summed E-state index contributed by atoms with van der Waals surface area (Å²) in [7, 11) is 0. The zero-order valence-electron chi connectivity index (χ0n) is 8.75. The van der Waals surface area contributed by atoms with Gasteiger partial charge < -0.3 is 10.1 Å². The van der Waals surface area contributed by atoms with Gasteiger partial charge in [0.25, 0.3) is 0 Å². The lowest BCUT2D eigenvalue weighted by molar-refractivity contribution is -0.145. The van der Waals surface area contributed by atoms with Crippen molar-refractivity contribution in [2.24, 2.45) is 0 Å². The SMILES string of the molecule is CCOC(=O)[C@H](C)NCC1=CC=CC1. The number of nitrogens with one attached hydrogen (secondary N) is 1. The Bertz CT molecular complexity index is 256. The number of hydrogen-bond acceptors (Lipinski definition) is 3. The average molecular weight is 195 g/mol. The van der Waals surface area contributed by atoms with Gasteiger partial charge in [-0.1, -0.05) is 23.8 Å². The third-order valence-corrected chi connectivity index (χ3v) is 2.12. The number of carbonyl (C=O) groups excluding carboxylic acids is 1. The predicted octanol–water partition coefficient (Wildman–Crippen LogP) is 1.41. The second kappa shape index (κ2) is 5.60. The minimum atomic E-state index is -0.226. The van der Waals surface area contributed by atoms with Crippen molar-refractivity contribution in [1.82, 2.24) is 5.32 Å². The van der Waals surface area contributed by atoms with Crippen molar-refractivity contribution in [3.05, 3.63) is 23.8 Å². The van der Waals surface area contributed by atoms with Crippen LogP contribution >= 0.6 is 0 Å². The number of allylic oxidation sites excluding steroid dienone is 3. The summed E-state index contributed by atoms with van der Waals surface area (Å²) in [5.74, 6) is -0.181. The van der Waals surface area contributed by atoms with Crippen molar-refractivity contribution in [3.8, 4) is 0 Å². The average Bonchev–Trinajstić information content (AvgIpc) is 2.67. The van der Waals surface area contributed by atoms with Crippen molar-refractivity contribution in [2.75, 3.05) is 13.2 Å². The largest absolute Gasteiger partial charge is 0.465 e. The Labute approximate surface area is 84.8 Å². The molecule has 0 radical (unpaired) electrons. The molecule has 1 atom stereocenters. The molecule has 0 amide bonds. The van der Waals surface area contributed by atoms with Gasteiger partial charge in [0.15, 0.2) is 0 Å². The van der Waals surface area contributed by atoms with Gasteiger partial charge in [0, 0.05) is 6.54 Å². The molecule has 1 N–H and O–H groups in total. The molecule has 0 aromatic carbocycles. The molecule has 3 nitrogen and oxygen atoms in total. The van der Waals surface area contributed by atoms with E-state index in [2.05, 4.69) is 17.5 Å². The summed E-state index contributed by atoms with van der Waals surface area (Å²) in [4.78, 5) is 11.2. The first kappa shape index (κ1) is 11.0. The highest BCUT2D eigenvalue weighted by atomic mass is 16.5. The minimum Gasteiger partial charge on any atom is -0.465 e. The van der Waals surface area contributed by atoms with E-state index in [0.29, 0.717) is 6.61 Å². The Morgan fingerprint density at radius 2 is 2.50 bits per heavy atom. The maximum absolute atomic E-state index is 11.2. The van der Waals surface area contributed by atoms with Gasteiger partial charge in [0.2, 0.25) is 0 Å².